The van der Waals surface area contributed by atoms with E-state index in [2.05, 4.69) is 47.6 Å². The summed E-state index contributed by atoms with van der Waals surface area (Å²) in [4.78, 5) is 9.45. The van der Waals surface area contributed by atoms with Crippen LogP contribution in [0, 0.1) is 0 Å². The Labute approximate surface area is 482 Å². The van der Waals surface area contributed by atoms with Crippen molar-refractivity contribution in [1.29, 1.82) is 0 Å². The number of nitrogens with zero attached hydrogens (tertiary/aromatic N) is 4. The van der Waals surface area contributed by atoms with Crippen LogP contribution in [0.1, 0.15) is 10.4 Å². The molecule has 0 amide bonds. The minimum absolute atomic E-state index is 0. The summed E-state index contributed by atoms with van der Waals surface area (Å²) in [6.07, 6.45) is 0. The Bertz CT molecular complexity index is 2780. The van der Waals surface area contributed by atoms with E-state index in [1.54, 1.807) is 0 Å². The van der Waals surface area contributed by atoms with Crippen LogP contribution in [0.4, 0.5) is 28.4 Å². The van der Waals surface area contributed by atoms with Crippen molar-refractivity contribution in [2.24, 2.45) is 20.5 Å². The molecule has 4 aromatic carbocycles. The molecular weight excluding hydrogens is 1040 g/mol. The molecule has 37 heteroatoms. The first kappa shape index (κ1) is 66.6. The summed E-state index contributed by atoms with van der Waals surface area (Å²) in [6, 6.07) is 8.39. The van der Waals surface area contributed by atoms with E-state index in [1.165, 1.54) is 6.07 Å². The third kappa shape index (κ3) is 19.0. The van der Waals surface area contributed by atoms with Crippen molar-refractivity contribution < 1.29 is 243 Å². The summed E-state index contributed by atoms with van der Waals surface area (Å²) in [5.74, 6) is -4.62. The van der Waals surface area contributed by atoms with Gasteiger partial charge in [-0.05, 0) is 53.9 Å². The number of aromatic carboxylic acids is 1. The van der Waals surface area contributed by atoms with Gasteiger partial charge in [0.1, 0.15) is 21.5 Å². The zero-order chi connectivity index (χ0) is 43.8. The molecule has 0 atom stereocenters. The number of aromatic hydroxyl groups is 1. The van der Waals surface area contributed by atoms with Crippen molar-refractivity contribution in [2.75, 3.05) is 30.5 Å². The Kier molecular flexibility index (Phi) is 30.8. The molecule has 0 radical (unpaired) electrons. The summed E-state index contributed by atoms with van der Waals surface area (Å²) >= 11 is 0.0964. The van der Waals surface area contributed by atoms with E-state index in [0.29, 0.717) is 12.1 Å². The largest absolute Gasteiger partial charge is 1.00 e. The molecule has 4 aromatic rings. The Morgan fingerprint density at radius 3 is 1.91 bits per heavy atom. The van der Waals surface area contributed by atoms with Gasteiger partial charge in [-0.3, -0.25) is 18.4 Å². The average molecular weight is 1060 g/mol. The number of rotatable bonds is 21. The molecule has 26 nitrogen and oxygen atoms in total. The van der Waals surface area contributed by atoms with Crippen LogP contribution in [-0.4, -0.2) is 78.6 Å². The number of benzene rings is 4. The number of hydrogen-bond acceptors (Lipinski definition) is 28. The second kappa shape index (κ2) is 29.6. The van der Waals surface area contributed by atoms with E-state index in [9.17, 15) is 68.3 Å². The van der Waals surface area contributed by atoms with E-state index in [0.717, 1.165) is 36.4 Å². The number of fused-ring (bicyclic) bond motifs is 1. The van der Waals surface area contributed by atoms with Crippen LogP contribution in [0.15, 0.2) is 94.6 Å². The van der Waals surface area contributed by atoms with Gasteiger partial charge in [-0.1, -0.05) is 6.07 Å². The minimum atomic E-state index is -5.48. The molecular formula is C27H20N5Na5O21S6. The molecule has 0 spiro atoms. The van der Waals surface area contributed by atoms with Gasteiger partial charge in [0.2, 0.25) is 10.4 Å². The third-order valence-electron chi connectivity index (χ3n) is 7.10. The van der Waals surface area contributed by atoms with Crippen molar-refractivity contribution in [3.63, 3.8) is 0 Å². The average Bonchev–Trinajstić information content (AvgIpc) is 3.15. The number of nitrogen functional groups attached to an aromatic ring is 1. The topological polar surface area (TPSA) is 420 Å². The molecule has 0 heterocycles. The second-order valence-electron chi connectivity index (χ2n) is 10.7. The monoisotopic (exact) mass is 1060 g/mol. The molecule has 0 saturated carbocycles. The van der Waals surface area contributed by atoms with Crippen LogP contribution in [-0.2, 0) is 67.3 Å². The fourth-order valence-electron chi connectivity index (χ4n) is 4.62. The van der Waals surface area contributed by atoms with Crippen LogP contribution < -0.4 is 169 Å². The maximum absolute atomic E-state index is 12.7. The second-order valence-corrected chi connectivity index (χ2v) is 18.6. The molecule has 0 aliphatic heterocycles. The SMILES string of the molecule is Nc1c(N=Nc2cccc(S(=O)(=O)CCOS(=O)(=O)[O-])c2)c(S(=O)(=O)[O-])cc2cc(SOO[O-])c(N=Nc3ccc(S(=O)(=O)CCOSOO[O-])cc3C(=O)[O-])c(O)c12.[Na+].[Na+].[Na+].[Na+].[Na+]. The van der Waals surface area contributed by atoms with Crippen molar-refractivity contribution in [3.05, 3.63) is 60.2 Å². The molecule has 0 fully saturated rings. The molecule has 320 valence electrons. The Morgan fingerprint density at radius 1 is 0.734 bits per heavy atom. The third-order valence-corrected chi connectivity index (χ3v) is 12.7. The predicted molar refractivity (Wildman–Crippen MR) is 187 cm³/mol. The predicted octanol–water partition coefficient (Wildman–Crippen LogP) is -14.7. The number of carbonyl (C=O) groups excluding carboxylic acids is 1. The molecule has 64 heavy (non-hydrogen) atoms. The fraction of sp³-hybridized carbons (Fsp3) is 0.148. The van der Waals surface area contributed by atoms with Crippen LogP contribution in [0.25, 0.3) is 10.8 Å². The normalized spacial score (nSPS) is 11.9. The number of sulfone groups is 2. The van der Waals surface area contributed by atoms with Crippen LogP contribution in [0.2, 0.25) is 0 Å². The van der Waals surface area contributed by atoms with Crippen molar-refractivity contribution in [1.82, 2.24) is 0 Å². The van der Waals surface area contributed by atoms with Gasteiger partial charge >= 0.3 is 148 Å². The minimum Gasteiger partial charge on any atom is -0.744 e. The molecule has 0 aromatic heterocycles. The maximum Gasteiger partial charge on any atom is 1.00 e. The van der Waals surface area contributed by atoms with Gasteiger partial charge in [0.15, 0.2) is 37.7 Å². The van der Waals surface area contributed by atoms with Gasteiger partial charge in [-0.25, -0.2) is 33.7 Å². The van der Waals surface area contributed by atoms with E-state index in [4.69, 9.17) is 5.73 Å². The first-order chi connectivity index (χ1) is 27.6. The summed E-state index contributed by atoms with van der Waals surface area (Å²) in [5, 5.41) is 64.4. The Morgan fingerprint density at radius 2 is 1.33 bits per heavy atom. The van der Waals surface area contributed by atoms with Crippen LogP contribution >= 0.6 is 24.4 Å². The number of carbonyl (C=O) groups is 1. The van der Waals surface area contributed by atoms with E-state index in [-0.39, 0.29) is 183 Å². The molecule has 0 aliphatic rings. The van der Waals surface area contributed by atoms with Crippen LogP contribution in [0.5, 0.6) is 5.75 Å². The quantitative estimate of drug-likeness (QED) is 0.00900. The zero-order valence-corrected chi connectivity index (χ0v) is 48.4. The number of anilines is 1. The summed E-state index contributed by atoms with van der Waals surface area (Å²) < 4.78 is 137. The van der Waals surface area contributed by atoms with Crippen molar-refractivity contribution in [2.45, 2.75) is 19.6 Å². The van der Waals surface area contributed by atoms with Gasteiger partial charge in [-0.2, -0.15) is 9.45 Å². The standard InChI is InChI=1S/C27H25N5O21S6.5Na/c28-23-22-14(11-21(58(42,43)44)25(23)32-29-15-2-1-3-16(12-15)57(40,41)9-7-49-59(45,46)47)10-20(54-52-50-36)24(26(22)33)31-30-19-5-4-17(13-18(19)27(34)35)56(38,39)8-6-48-55-53-51-37;;;;;/h1-5,10-13,33,36-37H,6-9,28H2,(H,34,35)(H,42,43,44)(H,45,46,47);;;;;/q;5*+1/p-5. The fourth-order valence-corrected chi connectivity index (χ4v) is 8.72. The first-order valence-corrected chi connectivity index (χ1v) is 22.4. The van der Waals surface area contributed by atoms with Gasteiger partial charge in [0, 0.05) is 5.56 Å². The Balaban J connectivity index is 0. The number of azo groups is 2. The first-order valence-electron chi connectivity index (χ1n) is 14.9. The maximum atomic E-state index is 12.7. The smallest absolute Gasteiger partial charge is 0.744 e. The number of carboxylic acids is 1. The van der Waals surface area contributed by atoms with E-state index in [1.807, 2.05) is 0 Å². The number of nitrogens with two attached hydrogens (primary N) is 1. The number of phenolic OH excluding ortho intramolecular Hbond substituents is 1. The van der Waals surface area contributed by atoms with E-state index < -0.39 is 130 Å². The van der Waals surface area contributed by atoms with Crippen molar-refractivity contribution >= 4 is 110 Å². The number of phenols is 1. The molecule has 0 saturated heterocycles. The number of hydrogen-bond donors (Lipinski definition) is 2. The summed E-state index contributed by atoms with van der Waals surface area (Å²) in [7, 11) is -19.2. The summed E-state index contributed by atoms with van der Waals surface area (Å²) in [5.41, 5.74) is 2.20. The zero-order valence-electron chi connectivity index (χ0n) is 33.5. The Hall–Kier alpha value is 0.510. The van der Waals surface area contributed by atoms with Gasteiger partial charge in [0.25, 0.3) is 0 Å². The number of carboxylic acid groups (broad SMARTS) is 1. The van der Waals surface area contributed by atoms with Gasteiger partial charge < -0.3 is 40.4 Å². The van der Waals surface area contributed by atoms with Gasteiger partial charge in [0.05, 0.1) is 84.8 Å². The van der Waals surface area contributed by atoms with Crippen molar-refractivity contribution in [3.8, 4) is 5.75 Å². The molecule has 0 unspecified atom stereocenters. The molecule has 0 bridgehead atoms. The van der Waals surface area contributed by atoms with E-state index >= 15 is 0 Å². The molecule has 0 aliphatic carbocycles. The molecule has 4 rings (SSSR count). The molecule has 3 N–H and O–H groups in total. The van der Waals surface area contributed by atoms with Crippen LogP contribution in [0.3, 0.4) is 0 Å². The van der Waals surface area contributed by atoms with Gasteiger partial charge in [-0.15, -0.1) is 19.7 Å². The summed E-state index contributed by atoms with van der Waals surface area (Å²) in [6.45, 7) is -1.57.